The summed E-state index contributed by atoms with van der Waals surface area (Å²) < 4.78 is 0.899. The molecule has 6 nitrogen and oxygen atoms in total. The number of hydrogen-bond acceptors (Lipinski definition) is 6. The van der Waals surface area contributed by atoms with Crippen LogP contribution in [0.2, 0.25) is 0 Å². The smallest absolute Gasteiger partial charge is 0.225 e. The zero-order valence-electron chi connectivity index (χ0n) is 13.7. The Labute approximate surface area is 145 Å². The SMILES string of the molecule is Cc1cc(C)nc(N2CCC(N(C)c3ncc(Br)cn3)CC2)n1. The lowest BCUT2D eigenvalue weighted by molar-refractivity contribution is 0.472. The summed E-state index contributed by atoms with van der Waals surface area (Å²) in [5.74, 6) is 1.62. The molecule has 2 aromatic heterocycles. The van der Waals surface area contributed by atoms with E-state index in [0.717, 1.165) is 53.7 Å². The monoisotopic (exact) mass is 376 g/mol. The molecule has 3 heterocycles. The molecule has 0 radical (unpaired) electrons. The Hall–Kier alpha value is -1.76. The first-order valence-electron chi connectivity index (χ1n) is 7.80. The third-order valence-corrected chi connectivity index (χ3v) is 4.60. The minimum absolute atomic E-state index is 0.443. The standard InChI is InChI=1S/C16H21BrN6/c1-11-8-12(2)21-16(20-11)23-6-4-14(5-7-23)22(3)15-18-9-13(17)10-19-15/h8-10,14H,4-7H2,1-3H3. The van der Waals surface area contributed by atoms with Crippen LogP contribution in [-0.4, -0.2) is 46.1 Å². The van der Waals surface area contributed by atoms with Crippen molar-refractivity contribution in [2.45, 2.75) is 32.7 Å². The second-order valence-corrected chi connectivity index (χ2v) is 6.90. The highest BCUT2D eigenvalue weighted by atomic mass is 79.9. The first-order valence-corrected chi connectivity index (χ1v) is 8.60. The number of nitrogens with zero attached hydrogens (tertiary/aromatic N) is 6. The van der Waals surface area contributed by atoms with Gasteiger partial charge in [-0.25, -0.2) is 19.9 Å². The summed E-state index contributed by atoms with van der Waals surface area (Å²) in [6.07, 6.45) is 5.67. The van der Waals surface area contributed by atoms with Crippen LogP contribution >= 0.6 is 15.9 Å². The summed E-state index contributed by atoms with van der Waals surface area (Å²) in [6, 6.07) is 2.45. The van der Waals surface area contributed by atoms with Crippen LogP contribution in [0.4, 0.5) is 11.9 Å². The molecule has 122 valence electrons. The zero-order chi connectivity index (χ0) is 16.4. The fourth-order valence-electron chi connectivity index (χ4n) is 2.95. The molecule has 0 unspecified atom stereocenters. The Balaban J connectivity index is 1.64. The number of hydrogen-bond donors (Lipinski definition) is 0. The maximum Gasteiger partial charge on any atom is 0.225 e. The van der Waals surface area contributed by atoms with Crippen molar-refractivity contribution < 1.29 is 0 Å². The van der Waals surface area contributed by atoms with Gasteiger partial charge in [0.05, 0.1) is 4.47 Å². The highest BCUT2D eigenvalue weighted by molar-refractivity contribution is 9.10. The van der Waals surface area contributed by atoms with E-state index < -0.39 is 0 Å². The largest absolute Gasteiger partial charge is 0.341 e. The minimum Gasteiger partial charge on any atom is -0.341 e. The quantitative estimate of drug-likeness (QED) is 0.820. The molecule has 0 N–H and O–H groups in total. The Bertz CT molecular complexity index is 647. The predicted octanol–water partition coefficient (Wildman–Crippen LogP) is 2.75. The molecule has 0 amide bonds. The van der Waals surface area contributed by atoms with Gasteiger partial charge in [0.2, 0.25) is 11.9 Å². The molecule has 1 aliphatic rings. The first kappa shape index (κ1) is 16.1. The van der Waals surface area contributed by atoms with Crippen molar-refractivity contribution in [3.8, 4) is 0 Å². The van der Waals surface area contributed by atoms with Crippen LogP contribution in [0.3, 0.4) is 0 Å². The lowest BCUT2D eigenvalue weighted by Crippen LogP contribution is -2.44. The highest BCUT2D eigenvalue weighted by Gasteiger charge is 2.25. The van der Waals surface area contributed by atoms with Crippen molar-refractivity contribution in [2.75, 3.05) is 29.9 Å². The molecular weight excluding hydrogens is 356 g/mol. The number of aryl methyl sites for hydroxylation is 2. The maximum atomic E-state index is 4.57. The van der Waals surface area contributed by atoms with Crippen molar-refractivity contribution >= 4 is 27.8 Å². The summed E-state index contributed by atoms with van der Waals surface area (Å²) in [5.41, 5.74) is 2.05. The molecular formula is C16H21BrN6. The molecule has 0 spiro atoms. The summed E-state index contributed by atoms with van der Waals surface area (Å²) in [4.78, 5) is 22.3. The third kappa shape index (κ3) is 3.77. The number of rotatable bonds is 3. The second kappa shape index (κ2) is 6.78. The summed E-state index contributed by atoms with van der Waals surface area (Å²) in [6.45, 7) is 5.94. The summed E-state index contributed by atoms with van der Waals surface area (Å²) in [5, 5.41) is 0. The van der Waals surface area contributed by atoms with E-state index in [1.165, 1.54) is 0 Å². The number of piperidine rings is 1. The van der Waals surface area contributed by atoms with E-state index in [1.807, 2.05) is 19.9 Å². The van der Waals surface area contributed by atoms with E-state index in [2.05, 4.69) is 52.7 Å². The Morgan fingerprint density at radius 1 is 1.09 bits per heavy atom. The van der Waals surface area contributed by atoms with Gasteiger partial charge >= 0.3 is 0 Å². The van der Waals surface area contributed by atoms with E-state index in [1.54, 1.807) is 12.4 Å². The van der Waals surface area contributed by atoms with Gasteiger partial charge in [-0.2, -0.15) is 0 Å². The number of aromatic nitrogens is 4. The van der Waals surface area contributed by atoms with E-state index in [-0.39, 0.29) is 0 Å². The van der Waals surface area contributed by atoms with Gasteiger partial charge in [-0.15, -0.1) is 0 Å². The molecule has 0 aliphatic carbocycles. The van der Waals surface area contributed by atoms with Gasteiger partial charge in [-0.05, 0) is 48.7 Å². The zero-order valence-corrected chi connectivity index (χ0v) is 15.3. The highest BCUT2D eigenvalue weighted by Crippen LogP contribution is 2.22. The third-order valence-electron chi connectivity index (χ3n) is 4.19. The molecule has 0 saturated carbocycles. The average molecular weight is 377 g/mol. The Morgan fingerprint density at radius 3 is 2.22 bits per heavy atom. The first-order chi connectivity index (χ1) is 11.0. The van der Waals surface area contributed by atoms with Crippen molar-refractivity contribution in [2.24, 2.45) is 0 Å². The van der Waals surface area contributed by atoms with E-state index in [0.29, 0.717) is 6.04 Å². The van der Waals surface area contributed by atoms with Crippen LogP contribution in [-0.2, 0) is 0 Å². The second-order valence-electron chi connectivity index (χ2n) is 5.98. The molecule has 1 fully saturated rings. The van der Waals surface area contributed by atoms with E-state index >= 15 is 0 Å². The molecule has 1 aliphatic heterocycles. The maximum absolute atomic E-state index is 4.57. The predicted molar refractivity (Wildman–Crippen MR) is 94.9 cm³/mol. The van der Waals surface area contributed by atoms with Crippen LogP contribution in [0, 0.1) is 13.8 Å². The fourth-order valence-corrected chi connectivity index (χ4v) is 3.16. The number of halogens is 1. The van der Waals surface area contributed by atoms with Gasteiger partial charge in [0.1, 0.15) is 0 Å². The number of anilines is 2. The summed E-state index contributed by atoms with van der Waals surface area (Å²) in [7, 11) is 2.07. The van der Waals surface area contributed by atoms with Crippen molar-refractivity contribution in [1.82, 2.24) is 19.9 Å². The molecule has 3 rings (SSSR count). The molecule has 0 aromatic carbocycles. The molecule has 2 aromatic rings. The van der Waals surface area contributed by atoms with E-state index in [9.17, 15) is 0 Å². The van der Waals surface area contributed by atoms with Crippen LogP contribution < -0.4 is 9.80 Å². The molecule has 0 bridgehead atoms. The minimum atomic E-state index is 0.443. The van der Waals surface area contributed by atoms with Crippen molar-refractivity contribution in [1.29, 1.82) is 0 Å². The molecule has 1 saturated heterocycles. The average Bonchev–Trinajstić information content (AvgIpc) is 2.54. The van der Waals surface area contributed by atoms with Crippen molar-refractivity contribution in [3.05, 3.63) is 34.3 Å². The summed E-state index contributed by atoms with van der Waals surface area (Å²) >= 11 is 3.37. The van der Waals surface area contributed by atoms with Gasteiger partial charge in [0.15, 0.2) is 0 Å². The molecule has 23 heavy (non-hydrogen) atoms. The fraction of sp³-hybridized carbons (Fsp3) is 0.500. The lowest BCUT2D eigenvalue weighted by Gasteiger charge is -2.36. The van der Waals surface area contributed by atoms with Crippen LogP contribution in [0.15, 0.2) is 22.9 Å². The van der Waals surface area contributed by atoms with Gasteiger partial charge in [0, 0.05) is 50.0 Å². The van der Waals surface area contributed by atoms with Crippen LogP contribution in [0.5, 0.6) is 0 Å². The van der Waals surface area contributed by atoms with Gasteiger partial charge in [-0.1, -0.05) is 0 Å². The topological polar surface area (TPSA) is 58.0 Å². The lowest BCUT2D eigenvalue weighted by atomic mass is 10.0. The van der Waals surface area contributed by atoms with Crippen LogP contribution in [0.1, 0.15) is 24.2 Å². The van der Waals surface area contributed by atoms with Gasteiger partial charge in [0.25, 0.3) is 0 Å². The Morgan fingerprint density at radius 2 is 1.65 bits per heavy atom. The van der Waals surface area contributed by atoms with E-state index in [4.69, 9.17) is 0 Å². The molecule has 7 heteroatoms. The van der Waals surface area contributed by atoms with Gasteiger partial charge < -0.3 is 9.80 Å². The van der Waals surface area contributed by atoms with Crippen LogP contribution in [0.25, 0.3) is 0 Å². The van der Waals surface area contributed by atoms with Gasteiger partial charge in [-0.3, -0.25) is 0 Å². The Kier molecular flexibility index (Phi) is 4.75. The van der Waals surface area contributed by atoms with Crippen molar-refractivity contribution in [3.63, 3.8) is 0 Å². The molecule has 0 atom stereocenters. The normalized spacial score (nSPS) is 15.7.